The summed E-state index contributed by atoms with van der Waals surface area (Å²) in [6.07, 6.45) is 8.36. The first kappa shape index (κ1) is 14.3. The van der Waals surface area contributed by atoms with Gasteiger partial charge in [-0.05, 0) is 19.8 Å². The molecule has 0 bridgehead atoms. The van der Waals surface area contributed by atoms with Crippen molar-refractivity contribution in [3.05, 3.63) is 20.2 Å². The predicted molar refractivity (Wildman–Crippen MR) is 77.9 cm³/mol. The van der Waals surface area contributed by atoms with Crippen molar-refractivity contribution in [2.24, 2.45) is 7.05 Å². The molecule has 1 aliphatic carbocycles. The molecule has 0 unspecified atom stereocenters. The number of hydrogen-bond donors (Lipinski definition) is 1. The van der Waals surface area contributed by atoms with E-state index in [1.165, 1.54) is 36.7 Å². The second-order valence-corrected chi connectivity index (χ2v) is 6.32. The fourth-order valence-electron chi connectivity index (χ4n) is 2.58. The highest BCUT2D eigenvalue weighted by Crippen LogP contribution is 2.18. The molecule has 0 atom stereocenters. The van der Waals surface area contributed by atoms with Crippen LogP contribution in [0.3, 0.4) is 0 Å². The monoisotopic (exact) mass is 282 g/mol. The maximum absolute atomic E-state index is 12.2. The van der Waals surface area contributed by atoms with Gasteiger partial charge in [-0.2, -0.15) is 0 Å². The van der Waals surface area contributed by atoms with E-state index in [9.17, 15) is 9.59 Å². The van der Waals surface area contributed by atoms with Crippen LogP contribution >= 0.6 is 11.3 Å². The lowest BCUT2D eigenvalue weighted by Crippen LogP contribution is -2.35. The van der Waals surface area contributed by atoms with Gasteiger partial charge in [0.15, 0.2) is 0 Å². The van der Waals surface area contributed by atoms with Crippen LogP contribution in [-0.4, -0.2) is 16.5 Å². The minimum absolute atomic E-state index is 0.0692. The standard InChI is InChI=1S/C14H22N2O2S/c1-10-12(19-14(18)16(10)2)13(17)15-11-8-6-4-3-5-7-9-11/h11H,3-9H2,1-2H3,(H,15,17). The Hall–Kier alpha value is -1.10. The predicted octanol–water partition coefficient (Wildman–Crippen LogP) is 2.60. The van der Waals surface area contributed by atoms with Crippen LogP contribution in [0.15, 0.2) is 4.79 Å². The van der Waals surface area contributed by atoms with E-state index in [2.05, 4.69) is 5.32 Å². The zero-order valence-electron chi connectivity index (χ0n) is 11.7. The van der Waals surface area contributed by atoms with Gasteiger partial charge in [0.05, 0.1) is 0 Å². The molecule has 1 aromatic heterocycles. The van der Waals surface area contributed by atoms with Gasteiger partial charge in [-0.25, -0.2) is 0 Å². The van der Waals surface area contributed by atoms with Gasteiger partial charge in [0.1, 0.15) is 4.88 Å². The lowest BCUT2D eigenvalue weighted by molar-refractivity contribution is 0.0933. The third-order valence-electron chi connectivity index (χ3n) is 3.94. The molecular formula is C14H22N2O2S. The Kier molecular flexibility index (Phi) is 4.80. The van der Waals surface area contributed by atoms with Crippen molar-refractivity contribution in [2.75, 3.05) is 0 Å². The molecule has 106 valence electrons. The molecular weight excluding hydrogens is 260 g/mol. The van der Waals surface area contributed by atoms with Crippen LogP contribution in [-0.2, 0) is 7.05 Å². The molecule has 0 radical (unpaired) electrons. The fraction of sp³-hybridized carbons (Fsp3) is 0.714. The van der Waals surface area contributed by atoms with Crippen molar-refractivity contribution < 1.29 is 4.79 Å². The van der Waals surface area contributed by atoms with Crippen molar-refractivity contribution in [2.45, 2.75) is 57.9 Å². The summed E-state index contributed by atoms with van der Waals surface area (Å²) in [5, 5.41) is 3.10. The van der Waals surface area contributed by atoms with E-state index in [0.717, 1.165) is 29.9 Å². The van der Waals surface area contributed by atoms with Gasteiger partial charge in [0.2, 0.25) is 0 Å². The van der Waals surface area contributed by atoms with E-state index >= 15 is 0 Å². The largest absolute Gasteiger partial charge is 0.349 e. The summed E-state index contributed by atoms with van der Waals surface area (Å²) >= 11 is 1.04. The van der Waals surface area contributed by atoms with Crippen LogP contribution in [0, 0.1) is 6.92 Å². The molecule has 1 fully saturated rings. The quantitative estimate of drug-likeness (QED) is 0.906. The number of thiazole rings is 1. The Balaban J connectivity index is 2.03. The number of hydrogen-bond acceptors (Lipinski definition) is 3. The third kappa shape index (κ3) is 3.47. The molecule has 1 aliphatic rings. The topological polar surface area (TPSA) is 51.1 Å². The highest BCUT2D eigenvalue weighted by Gasteiger charge is 2.19. The molecule has 0 aromatic carbocycles. The Morgan fingerprint density at radius 3 is 2.32 bits per heavy atom. The molecule has 0 saturated heterocycles. The summed E-state index contributed by atoms with van der Waals surface area (Å²) in [6.45, 7) is 1.82. The number of nitrogens with one attached hydrogen (secondary N) is 1. The van der Waals surface area contributed by atoms with Crippen molar-refractivity contribution in [1.82, 2.24) is 9.88 Å². The molecule has 4 nitrogen and oxygen atoms in total. The van der Waals surface area contributed by atoms with Crippen LogP contribution in [0.4, 0.5) is 0 Å². The highest BCUT2D eigenvalue weighted by molar-refractivity contribution is 7.11. The molecule has 19 heavy (non-hydrogen) atoms. The summed E-state index contributed by atoms with van der Waals surface area (Å²) in [5.41, 5.74) is 0.762. The fourth-order valence-corrected chi connectivity index (χ4v) is 3.47. The zero-order valence-corrected chi connectivity index (χ0v) is 12.5. The summed E-state index contributed by atoms with van der Waals surface area (Å²) in [4.78, 5) is 24.3. The molecule has 1 aromatic rings. The summed E-state index contributed by atoms with van der Waals surface area (Å²) < 4.78 is 1.54. The Morgan fingerprint density at radius 1 is 1.21 bits per heavy atom. The van der Waals surface area contributed by atoms with E-state index < -0.39 is 0 Å². The average molecular weight is 282 g/mol. The van der Waals surface area contributed by atoms with E-state index in [1.54, 1.807) is 7.05 Å². The maximum atomic E-state index is 12.2. The summed E-state index contributed by atoms with van der Waals surface area (Å²) in [7, 11) is 1.71. The summed E-state index contributed by atoms with van der Waals surface area (Å²) in [5.74, 6) is -0.0780. The zero-order chi connectivity index (χ0) is 13.8. The Bertz CT molecular complexity index is 496. The number of carbonyl (C=O) groups excluding carboxylic acids is 1. The van der Waals surface area contributed by atoms with Gasteiger partial charge in [-0.3, -0.25) is 9.59 Å². The minimum atomic E-state index is -0.0780. The molecule has 0 aliphatic heterocycles. The molecule has 0 spiro atoms. The smallest absolute Gasteiger partial charge is 0.307 e. The highest BCUT2D eigenvalue weighted by atomic mass is 32.1. The van der Waals surface area contributed by atoms with Gasteiger partial charge in [0, 0.05) is 18.8 Å². The van der Waals surface area contributed by atoms with Gasteiger partial charge >= 0.3 is 4.87 Å². The molecule has 2 rings (SSSR count). The second-order valence-electron chi connectivity index (χ2n) is 5.36. The van der Waals surface area contributed by atoms with Crippen molar-refractivity contribution in [3.8, 4) is 0 Å². The van der Waals surface area contributed by atoms with E-state index in [1.807, 2.05) is 6.92 Å². The van der Waals surface area contributed by atoms with Crippen LogP contribution in [0.2, 0.25) is 0 Å². The summed E-state index contributed by atoms with van der Waals surface area (Å²) in [6, 6.07) is 0.273. The second kappa shape index (κ2) is 6.37. The average Bonchev–Trinajstić information content (AvgIpc) is 2.60. The first-order valence-corrected chi connectivity index (χ1v) is 7.88. The van der Waals surface area contributed by atoms with Crippen LogP contribution in [0.25, 0.3) is 0 Å². The minimum Gasteiger partial charge on any atom is -0.349 e. The van der Waals surface area contributed by atoms with Crippen molar-refractivity contribution >= 4 is 17.2 Å². The third-order valence-corrected chi connectivity index (χ3v) is 5.07. The van der Waals surface area contributed by atoms with Gasteiger partial charge < -0.3 is 9.88 Å². The lowest BCUT2D eigenvalue weighted by atomic mass is 9.97. The van der Waals surface area contributed by atoms with Gasteiger partial charge in [-0.15, -0.1) is 0 Å². The Labute approximate surface area is 117 Å². The van der Waals surface area contributed by atoms with Gasteiger partial charge in [0.25, 0.3) is 5.91 Å². The van der Waals surface area contributed by atoms with E-state index in [0.29, 0.717) is 4.88 Å². The number of nitrogens with zero attached hydrogens (tertiary/aromatic N) is 1. The lowest BCUT2D eigenvalue weighted by Gasteiger charge is -2.20. The number of rotatable bonds is 2. The first-order valence-electron chi connectivity index (χ1n) is 7.07. The molecule has 1 heterocycles. The van der Waals surface area contributed by atoms with Crippen LogP contribution in [0.1, 0.15) is 60.3 Å². The maximum Gasteiger partial charge on any atom is 0.307 e. The van der Waals surface area contributed by atoms with E-state index in [4.69, 9.17) is 0 Å². The molecule has 5 heteroatoms. The Morgan fingerprint density at radius 2 is 1.79 bits per heavy atom. The number of aromatic nitrogens is 1. The van der Waals surface area contributed by atoms with Crippen LogP contribution in [0.5, 0.6) is 0 Å². The SMILES string of the molecule is Cc1c(C(=O)NC2CCCCCCC2)sc(=O)n1C. The number of amides is 1. The number of carbonyl (C=O) groups is 1. The van der Waals surface area contributed by atoms with E-state index in [-0.39, 0.29) is 16.8 Å². The van der Waals surface area contributed by atoms with Gasteiger partial charge in [-0.1, -0.05) is 43.4 Å². The normalized spacial score (nSPS) is 17.8. The molecule has 1 saturated carbocycles. The van der Waals surface area contributed by atoms with Crippen molar-refractivity contribution in [3.63, 3.8) is 0 Å². The van der Waals surface area contributed by atoms with Crippen molar-refractivity contribution in [1.29, 1.82) is 0 Å². The molecule has 1 N–H and O–H groups in total. The van der Waals surface area contributed by atoms with Crippen LogP contribution < -0.4 is 10.2 Å². The first-order chi connectivity index (χ1) is 9.09. The molecule has 1 amide bonds.